The maximum absolute atomic E-state index is 13.4. The maximum Gasteiger partial charge on any atom is 0.216 e. The molecule has 0 atom stereocenters. The van der Waals surface area contributed by atoms with Crippen LogP contribution in [0.3, 0.4) is 0 Å². The Hall–Kier alpha value is -2.63. The average molecular weight is 258 g/mol. The molecule has 0 bridgehead atoms. The molecule has 6 heteroatoms. The van der Waals surface area contributed by atoms with Gasteiger partial charge in [0.2, 0.25) is 5.88 Å². The summed E-state index contributed by atoms with van der Waals surface area (Å²) in [7, 11) is 1.54. The van der Waals surface area contributed by atoms with E-state index in [2.05, 4.69) is 10.1 Å². The number of benzene rings is 1. The van der Waals surface area contributed by atoms with E-state index in [9.17, 15) is 4.39 Å². The van der Waals surface area contributed by atoms with Gasteiger partial charge in [-0.1, -0.05) is 0 Å². The van der Waals surface area contributed by atoms with Crippen LogP contribution in [-0.2, 0) is 0 Å². The van der Waals surface area contributed by atoms with Crippen LogP contribution in [0.25, 0.3) is 16.8 Å². The van der Waals surface area contributed by atoms with Crippen molar-refractivity contribution >= 4 is 11.3 Å². The summed E-state index contributed by atoms with van der Waals surface area (Å²) in [5.74, 6) is 0.0795. The number of nitrogens with zero attached hydrogens (tertiary/aromatic N) is 3. The number of fused-ring (bicyclic) bond motifs is 1. The number of halogens is 1. The minimum atomic E-state index is -0.391. The zero-order valence-corrected chi connectivity index (χ0v) is 10.2. The molecule has 2 heterocycles. The van der Waals surface area contributed by atoms with E-state index in [1.807, 2.05) is 0 Å². The van der Waals surface area contributed by atoms with Crippen molar-refractivity contribution < 1.29 is 9.13 Å². The molecule has 19 heavy (non-hydrogen) atoms. The number of nitrogens with two attached hydrogens (primary N) is 1. The molecule has 0 amide bonds. The van der Waals surface area contributed by atoms with Crippen molar-refractivity contribution in [1.29, 1.82) is 0 Å². The van der Waals surface area contributed by atoms with E-state index >= 15 is 0 Å². The third kappa shape index (κ3) is 1.97. The molecule has 0 aliphatic carbocycles. The molecule has 2 N–H and O–H groups in total. The van der Waals surface area contributed by atoms with E-state index in [0.717, 1.165) is 0 Å². The Balaban J connectivity index is 2.24. The molecule has 0 spiro atoms. The van der Waals surface area contributed by atoms with Crippen LogP contribution in [0.1, 0.15) is 0 Å². The Morgan fingerprint density at radius 2 is 2.16 bits per heavy atom. The van der Waals surface area contributed by atoms with Crippen LogP contribution in [0.4, 0.5) is 10.1 Å². The quantitative estimate of drug-likeness (QED) is 0.715. The van der Waals surface area contributed by atoms with Crippen molar-refractivity contribution in [2.75, 3.05) is 12.8 Å². The van der Waals surface area contributed by atoms with Gasteiger partial charge in [0, 0.05) is 23.5 Å². The molecular weight excluding hydrogens is 247 g/mol. The van der Waals surface area contributed by atoms with Gasteiger partial charge in [-0.15, -0.1) is 0 Å². The Labute approximate surface area is 108 Å². The third-order valence-electron chi connectivity index (χ3n) is 2.78. The summed E-state index contributed by atoms with van der Waals surface area (Å²) in [5.41, 5.74) is 7.93. The first-order valence-electron chi connectivity index (χ1n) is 5.62. The lowest BCUT2D eigenvalue weighted by Gasteiger charge is -2.03. The summed E-state index contributed by atoms with van der Waals surface area (Å²) in [6.07, 6.45) is 3.35. The van der Waals surface area contributed by atoms with E-state index in [1.165, 1.54) is 19.2 Å². The minimum Gasteiger partial charge on any atom is -0.481 e. The summed E-state index contributed by atoms with van der Waals surface area (Å²) < 4.78 is 20.1. The second-order valence-electron chi connectivity index (χ2n) is 4.07. The lowest BCUT2D eigenvalue weighted by molar-refractivity contribution is 0.398. The predicted octanol–water partition coefficient (Wildman–Crippen LogP) is 2.13. The number of rotatable bonds is 2. The number of hydrogen-bond acceptors (Lipinski definition) is 4. The van der Waals surface area contributed by atoms with Crippen LogP contribution in [-0.4, -0.2) is 21.7 Å². The lowest BCUT2D eigenvalue weighted by Crippen LogP contribution is -1.94. The molecule has 1 aromatic carbocycles. The number of ether oxygens (including phenoxy) is 1. The molecule has 3 aromatic rings. The van der Waals surface area contributed by atoms with Gasteiger partial charge in [0.15, 0.2) is 5.65 Å². The second kappa shape index (κ2) is 4.24. The zero-order valence-electron chi connectivity index (χ0n) is 10.2. The van der Waals surface area contributed by atoms with Crippen molar-refractivity contribution in [2.24, 2.45) is 0 Å². The Morgan fingerprint density at radius 1 is 1.32 bits per heavy atom. The van der Waals surface area contributed by atoms with E-state index in [4.69, 9.17) is 10.5 Å². The lowest BCUT2D eigenvalue weighted by atomic mass is 10.1. The smallest absolute Gasteiger partial charge is 0.216 e. The van der Waals surface area contributed by atoms with E-state index in [0.29, 0.717) is 28.3 Å². The van der Waals surface area contributed by atoms with Crippen molar-refractivity contribution in [3.63, 3.8) is 0 Å². The van der Waals surface area contributed by atoms with Crippen molar-refractivity contribution in [1.82, 2.24) is 14.6 Å². The van der Waals surface area contributed by atoms with Crippen molar-refractivity contribution in [3.05, 3.63) is 42.5 Å². The average Bonchev–Trinajstić information content (AvgIpc) is 2.80. The first-order chi connectivity index (χ1) is 9.17. The number of aromatic nitrogens is 3. The van der Waals surface area contributed by atoms with Gasteiger partial charge in [-0.25, -0.2) is 8.91 Å². The Kier molecular flexibility index (Phi) is 2.56. The highest BCUT2D eigenvalue weighted by Crippen LogP contribution is 2.26. The van der Waals surface area contributed by atoms with Gasteiger partial charge in [0.05, 0.1) is 13.3 Å². The van der Waals surface area contributed by atoms with Crippen LogP contribution >= 0.6 is 0 Å². The second-order valence-corrected chi connectivity index (χ2v) is 4.07. The maximum atomic E-state index is 13.4. The van der Waals surface area contributed by atoms with E-state index in [1.54, 1.807) is 29.0 Å². The van der Waals surface area contributed by atoms with Crippen LogP contribution in [0.2, 0.25) is 0 Å². The van der Waals surface area contributed by atoms with Gasteiger partial charge in [-0.05, 0) is 23.8 Å². The number of anilines is 1. The fourth-order valence-electron chi connectivity index (χ4n) is 1.94. The SMILES string of the molecule is COc1ccn2ncc(-c3cc(N)cc(F)c3)c2n1. The van der Waals surface area contributed by atoms with Crippen LogP contribution in [0, 0.1) is 5.82 Å². The van der Waals surface area contributed by atoms with Gasteiger partial charge in [-0.2, -0.15) is 10.1 Å². The van der Waals surface area contributed by atoms with Gasteiger partial charge >= 0.3 is 0 Å². The largest absolute Gasteiger partial charge is 0.481 e. The topological polar surface area (TPSA) is 65.4 Å². The van der Waals surface area contributed by atoms with Crippen molar-refractivity contribution in [2.45, 2.75) is 0 Å². The molecule has 0 unspecified atom stereocenters. The molecule has 0 saturated heterocycles. The summed E-state index contributed by atoms with van der Waals surface area (Å²) >= 11 is 0. The Bertz CT molecular complexity index is 733. The fourth-order valence-corrected chi connectivity index (χ4v) is 1.94. The normalized spacial score (nSPS) is 10.8. The zero-order chi connectivity index (χ0) is 13.4. The highest BCUT2D eigenvalue weighted by Gasteiger charge is 2.10. The first kappa shape index (κ1) is 11.5. The molecule has 0 aliphatic heterocycles. The Morgan fingerprint density at radius 3 is 2.89 bits per heavy atom. The predicted molar refractivity (Wildman–Crippen MR) is 69.3 cm³/mol. The van der Waals surface area contributed by atoms with Gasteiger partial charge in [0.25, 0.3) is 0 Å². The standard InChI is InChI=1S/C13H11FN4O/c1-19-12-2-3-18-13(17-12)11(7-16-18)8-4-9(14)6-10(15)5-8/h2-7H,15H2,1H3. The molecule has 3 rings (SSSR count). The molecule has 0 radical (unpaired) electrons. The van der Waals surface area contributed by atoms with Crippen molar-refractivity contribution in [3.8, 4) is 17.0 Å². The summed E-state index contributed by atoms with van der Waals surface area (Å²) in [5, 5.41) is 4.17. The summed E-state index contributed by atoms with van der Waals surface area (Å²) in [6.45, 7) is 0. The van der Waals surface area contributed by atoms with Crippen LogP contribution in [0.15, 0.2) is 36.7 Å². The highest BCUT2D eigenvalue weighted by molar-refractivity contribution is 5.78. The molecular formula is C13H11FN4O. The minimum absolute atomic E-state index is 0.359. The molecule has 0 aliphatic rings. The van der Waals surface area contributed by atoms with E-state index in [-0.39, 0.29) is 0 Å². The summed E-state index contributed by atoms with van der Waals surface area (Å²) in [4.78, 5) is 4.30. The van der Waals surface area contributed by atoms with Gasteiger partial charge in [0.1, 0.15) is 5.82 Å². The van der Waals surface area contributed by atoms with Gasteiger partial charge < -0.3 is 10.5 Å². The third-order valence-corrected chi connectivity index (χ3v) is 2.78. The number of nitrogen functional groups attached to an aromatic ring is 1. The van der Waals surface area contributed by atoms with Gasteiger partial charge in [-0.3, -0.25) is 0 Å². The monoisotopic (exact) mass is 258 g/mol. The van der Waals surface area contributed by atoms with E-state index < -0.39 is 5.82 Å². The number of hydrogen-bond donors (Lipinski definition) is 1. The molecule has 0 fully saturated rings. The molecule has 2 aromatic heterocycles. The molecule has 5 nitrogen and oxygen atoms in total. The highest BCUT2D eigenvalue weighted by atomic mass is 19.1. The molecule has 0 saturated carbocycles. The summed E-state index contributed by atoms with van der Waals surface area (Å²) in [6, 6.07) is 6.04. The first-order valence-corrected chi connectivity index (χ1v) is 5.62. The van der Waals surface area contributed by atoms with Crippen LogP contribution in [0.5, 0.6) is 5.88 Å². The van der Waals surface area contributed by atoms with Crippen LogP contribution < -0.4 is 10.5 Å². The molecule has 96 valence electrons. The number of methoxy groups -OCH3 is 1. The fraction of sp³-hybridized carbons (Fsp3) is 0.0769.